The highest BCUT2D eigenvalue weighted by atomic mass is 16.6. The average molecular weight is 465 g/mol. The Hall–Kier alpha value is -2.65. The molecule has 2 rings (SSSR count). The molecule has 0 radical (unpaired) electrons. The zero-order valence-corrected chi connectivity index (χ0v) is 20.1. The van der Waals surface area contributed by atoms with Crippen LogP contribution in [0.4, 0.5) is 4.79 Å². The van der Waals surface area contributed by atoms with Crippen LogP contribution >= 0.6 is 0 Å². The van der Waals surface area contributed by atoms with Gasteiger partial charge in [-0.15, -0.1) is 0 Å². The summed E-state index contributed by atoms with van der Waals surface area (Å²) >= 11 is 0. The fraction of sp³-hybridized carbons (Fsp3) is 0.625. The lowest BCUT2D eigenvalue weighted by Gasteiger charge is -2.33. The largest absolute Gasteiger partial charge is 0.458 e. The van der Waals surface area contributed by atoms with Crippen LogP contribution in [0.1, 0.15) is 39.2 Å². The van der Waals surface area contributed by atoms with Crippen LogP contribution in [0.3, 0.4) is 0 Å². The van der Waals surface area contributed by atoms with Crippen molar-refractivity contribution in [2.24, 2.45) is 0 Å². The fourth-order valence-corrected chi connectivity index (χ4v) is 3.34. The van der Waals surface area contributed by atoms with E-state index in [1.165, 1.54) is 12.0 Å². The van der Waals surface area contributed by atoms with E-state index >= 15 is 0 Å². The molecule has 0 unspecified atom stereocenters. The lowest BCUT2D eigenvalue weighted by Crippen LogP contribution is -2.47. The van der Waals surface area contributed by atoms with E-state index in [4.69, 9.17) is 18.9 Å². The molecule has 33 heavy (non-hydrogen) atoms. The number of carbonyl (C=O) groups excluding carboxylic acids is 3. The molecule has 1 aliphatic rings. The van der Waals surface area contributed by atoms with Crippen LogP contribution in [0.2, 0.25) is 0 Å². The first kappa shape index (κ1) is 26.6. The minimum Gasteiger partial charge on any atom is -0.458 e. The van der Waals surface area contributed by atoms with Crippen LogP contribution in [-0.4, -0.2) is 86.0 Å². The van der Waals surface area contributed by atoms with Crippen LogP contribution in [-0.2, 0) is 35.1 Å². The van der Waals surface area contributed by atoms with Gasteiger partial charge in [0.15, 0.2) is 0 Å². The molecule has 9 heteroatoms. The Balaban J connectivity index is 1.78. The third-order valence-electron chi connectivity index (χ3n) is 5.01. The Kier molecular flexibility index (Phi) is 10.6. The highest BCUT2D eigenvalue weighted by Gasteiger charge is 2.27. The molecule has 0 N–H and O–H groups in total. The van der Waals surface area contributed by atoms with Crippen LogP contribution < -0.4 is 0 Å². The average Bonchev–Trinajstić information content (AvgIpc) is 2.78. The number of carbonyl (C=O) groups is 3. The monoisotopic (exact) mass is 464 g/mol. The van der Waals surface area contributed by atoms with Gasteiger partial charge in [-0.1, -0.05) is 30.3 Å². The van der Waals surface area contributed by atoms with Gasteiger partial charge in [-0.25, -0.2) is 9.59 Å². The predicted octanol–water partition coefficient (Wildman–Crippen LogP) is 2.62. The second-order valence-corrected chi connectivity index (χ2v) is 8.93. The standard InChI is InChI=1S/C24H36N2O7/c1-24(2,3)33-22(28)18-31-20-10-12-25(13-11-20)21(27)16-26(14-15-30-4)23(29)32-17-19-8-6-5-7-9-19/h5-9,20H,10-18H2,1-4H3. The molecule has 9 nitrogen and oxygen atoms in total. The number of ether oxygens (including phenoxy) is 4. The van der Waals surface area contributed by atoms with Crippen molar-refractivity contribution in [1.29, 1.82) is 0 Å². The molecular weight excluding hydrogens is 428 g/mol. The zero-order chi connectivity index (χ0) is 24.3. The first-order chi connectivity index (χ1) is 15.7. The first-order valence-electron chi connectivity index (χ1n) is 11.2. The van der Waals surface area contributed by atoms with Gasteiger partial charge in [0.1, 0.15) is 25.4 Å². The summed E-state index contributed by atoms with van der Waals surface area (Å²) in [6.07, 6.45) is 0.567. The minimum absolute atomic E-state index is 0.0829. The maximum atomic E-state index is 12.8. The number of hydrogen-bond donors (Lipinski definition) is 0. The van der Waals surface area contributed by atoms with Gasteiger partial charge in [-0.05, 0) is 39.2 Å². The van der Waals surface area contributed by atoms with E-state index < -0.39 is 17.7 Å². The normalized spacial score (nSPS) is 14.6. The van der Waals surface area contributed by atoms with E-state index in [0.29, 0.717) is 32.5 Å². The van der Waals surface area contributed by atoms with E-state index in [1.54, 1.807) is 4.90 Å². The van der Waals surface area contributed by atoms with E-state index in [9.17, 15) is 14.4 Å². The molecule has 0 aromatic heterocycles. The molecule has 0 bridgehead atoms. The Morgan fingerprint density at radius 3 is 2.36 bits per heavy atom. The van der Waals surface area contributed by atoms with Crippen molar-refractivity contribution in [3.8, 4) is 0 Å². The summed E-state index contributed by atoms with van der Waals surface area (Å²) in [5, 5.41) is 0. The summed E-state index contributed by atoms with van der Waals surface area (Å²) in [4.78, 5) is 40.2. The van der Waals surface area contributed by atoms with Gasteiger partial charge in [0, 0.05) is 26.7 Å². The molecule has 0 atom stereocenters. The van der Waals surface area contributed by atoms with E-state index in [1.807, 2.05) is 51.1 Å². The van der Waals surface area contributed by atoms with E-state index in [2.05, 4.69) is 0 Å². The smallest absolute Gasteiger partial charge is 0.410 e. The molecule has 1 fully saturated rings. The topological polar surface area (TPSA) is 94.6 Å². The number of methoxy groups -OCH3 is 1. The molecule has 2 amide bonds. The van der Waals surface area contributed by atoms with Crippen molar-refractivity contribution in [2.75, 3.05) is 46.5 Å². The highest BCUT2D eigenvalue weighted by molar-refractivity contribution is 5.82. The molecule has 1 aromatic carbocycles. The second kappa shape index (κ2) is 13.2. The number of piperidine rings is 1. The molecule has 1 saturated heterocycles. The lowest BCUT2D eigenvalue weighted by atomic mass is 10.1. The molecular formula is C24H36N2O7. The number of esters is 1. The van der Waals surface area contributed by atoms with Crippen LogP contribution in [0.5, 0.6) is 0 Å². The van der Waals surface area contributed by atoms with E-state index in [0.717, 1.165) is 5.56 Å². The van der Waals surface area contributed by atoms with Crippen LogP contribution in [0.15, 0.2) is 30.3 Å². The molecule has 1 aromatic rings. The molecule has 1 heterocycles. The number of likely N-dealkylation sites (tertiary alicyclic amines) is 1. The maximum absolute atomic E-state index is 12.8. The van der Waals surface area contributed by atoms with E-state index in [-0.39, 0.29) is 38.3 Å². The second-order valence-electron chi connectivity index (χ2n) is 8.93. The zero-order valence-electron chi connectivity index (χ0n) is 20.1. The number of rotatable bonds is 10. The lowest BCUT2D eigenvalue weighted by molar-refractivity contribution is -0.163. The van der Waals surface area contributed by atoms with Gasteiger partial charge in [-0.3, -0.25) is 9.69 Å². The summed E-state index contributed by atoms with van der Waals surface area (Å²) in [6.45, 7) is 6.92. The van der Waals surface area contributed by atoms with Gasteiger partial charge in [0.25, 0.3) is 0 Å². The summed E-state index contributed by atoms with van der Waals surface area (Å²) in [6, 6.07) is 9.37. The Bertz CT molecular complexity index is 756. The highest BCUT2D eigenvalue weighted by Crippen LogP contribution is 2.15. The SMILES string of the molecule is COCCN(CC(=O)N1CCC(OCC(=O)OC(C)(C)C)CC1)C(=O)OCc1ccccc1. The summed E-state index contributed by atoms with van der Waals surface area (Å²) < 4.78 is 21.4. The van der Waals surface area contributed by atoms with Crippen molar-refractivity contribution in [1.82, 2.24) is 9.80 Å². The summed E-state index contributed by atoms with van der Waals surface area (Å²) in [7, 11) is 1.54. The summed E-state index contributed by atoms with van der Waals surface area (Å²) in [5.41, 5.74) is 0.324. The van der Waals surface area contributed by atoms with Crippen molar-refractivity contribution in [3.63, 3.8) is 0 Å². The van der Waals surface area contributed by atoms with Crippen molar-refractivity contribution in [3.05, 3.63) is 35.9 Å². The number of benzene rings is 1. The maximum Gasteiger partial charge on any atom is 0.410 e. The third kappa shape index (κ3) is 10.2. The van der Waals surface area contributed by atoms with Crippen molar-refractivity contribution in [2.45, 2.75) is 51.9 Å². The minimum atomic E-state index is -0.556. The first-order valence-corrected chi connectivity index (χ1v) is 11.2. The summed E-state index contributed by atoms with van der Waals surface area (Å²) in [5.74, 6) is -0.558. The van der Waals surface area contributed by atoms with Crippen molar-refractivity contribution >= 4 is 18.0 Å². The van der Waals surface area contributed by atoms with Gasteiger partial charge in [0.2, 0.25) is 5.91 Å². The van der Waals surface area contributed by atoms with Crippen LogP contribution in [0, 0.1) is 0 Å². The number of hydrogen-bond acceptors (Lipinski definition) is 7. The van der Waals surface area contributed by atoms with Gasteiger partial charge in [0.05, 0.1) is 12.7 Å². The molecule has 0 saturated carbocycles. The van der Waals surface area contributed by atoms with Crippen molar-refractivity contribution < 1.29 is 33.3 Å². The Morgan fingerprint density at radius 2 is 1.76 bits per heavy atom. The number of amides is 2. The molecule has 1 aliphatic heterocycles. The number of nitrogens with zero attached hydrogens (tertiary/aromatic N) is 2. The quantitative estimate of drug-likeness (QED) is 0.491. The van der Waals surface area contributed by atoms with Gasteiger partial charge < -0.3 is 23.8 Å². The van der Waals surface area contributed by atoms with Gasteiger partial charge in [-0.2, -0.15) is 0 Å². The van der Waals surface area contributed by atoms with Gasteiger partial charge >= 0.3 is 12.1 Å². The Labute approximate surface area is 195 Å². The molecule has 0 spiro atoms. The Morgan fingerprint density at radius 1 is 1.09 bits per heavy atom. The molecule has 184 valence electrons. The molecule has 0 aliphatic carbocycles. The third-order valence-corrected chi connectivity index (χ3v) is 5.01. The van der Waals surface area contributed by atoms with Crippen LogP contribution in [0.25, 0.3) is 0 Å². The fourth-order valence-electron chi connectivity index (χ4n) is 3.34. The predicted molar refractivity (Wildman–Crippen MR) is 121 cm³/mol.